The number of nitriles is 3. The Labute approximate surface area is 131 Å². The summed E-state index contributed by atoms with van der Waals surface area (Å²) < 4.78 is 15.5. The van der Waals surface area contributed by atoms with Crippen molar-refractivity contribution in [1.29, 1.82) is 15.8 Å². The molecule has 1 heterocycles. The van der Waals surface area contributed by atoms with Crippen molar-refractivity contribution in [2.75, 3.05) is 25.6 Å². The molecule has 0 aliphatic carbocycles. The number of anilines is 1. The standard InChI is InChI=1S/C15H10N4O4/c1-21-15(20)10-4-13-14(23-3-2-22-13)5-11(10)19-12(8-18)9(6-16)7-17/h4-5,19H,2-3H2,1H3. The minimum atomic E-state index is -0.669. The fourth-order valence-electron chi connectivity index (χ4n) is 1.89. The van der Waals surface area contributed by atoms with Gasteiger partial charge in [-0.2, -0.15) is 15.8 Å². The number of carbonyl (C=O) groups excluding carboxylic acids is 1. The highest BCUT2D eigenvalue weighted by molar-refractivity contribution is 5.97. The first kappa shape index (κ1) is 15.7. The van der Waals surface area contributed by atoms with Gasteiger partial charge in [-0.05, 0) is 0 Å². The number of ether oxygens (including phenoxy) is 3. The van der Waals surface area contributed by atoms with Gasteiger partial charge in [0.15, 0.2) is 17.1 Å². The summed E-state index contributed by atoms with van der Waals surface area (Å²) >= 11 is 0. The Balaban J connectivity index is 2.55. The topological polar surface area (TPSA) is 128 Å². The lowest BCUT2D eigenvalue weighted by atomic mass is 10.1. The Hall–Kier alpha value is -3.70. The van der Waals surface area contributed by atoms with E-state index < -0.39 is 11.5 Å². The van der Waals surface area contributed by atoms with Crippen LogP contribution in [0, 0.1) is 34.0 Å². The highest BCUT2D eigenvalue weighted by atomic mass is 16.6. The summed E-state index contributed by atoms with van der Waals surface area (Å²) in [7, 11) is 1.21. The third kappa shape index (κ3) is 3.15. The highest BCUT2D eigenvalue weighted by Crippen LogP contribution is 2.36. The molecule has 114 valence electrons. The Morgan fingerprint density at radius 3 is 2.26 bits per heavy atom. The minimum Gasteiger partial charge on any atom is -0.486 e. The van der Waals surface area contributed by atoms with Crippen LogP contribution in [0.4, 0.5) is 5.69 Å². The van der Waals surface area contributed by atoms with E-state index in [2.05, 4.69) is 5.32 Å². The van der Waals surface area contributed by atoms with Crippen molar-refractivity contribution in [2.24, 2.45) is 0 Å². The van der Waals surface area contributed by atoms with Gasteiger partial charge in [-0.3, -0.25) is 0 Å². The number of allylic oxidation sites excluding steroid dienone is 2. The summed E-state index contributed by atoms with van der Waals surface area (Å²) in [6, 6.07) is 7.80. The lowest BCUT2D eigenvalue weighted by molar-refractivity contribution is 0.0601. The van der Waals surface area contributed by atoms with Gasteiger partial charge in [0.1, 0.15) is 37.1 Å². The fraction of sp³-hybridized carbons (Fsp3) is 0.200. The number of carbonyl (C=O) groups is 1. The number of esters is 1. The zero-order valence-corrected chi connectivity index (χ0v) is 12.0. The van der Waals surface area contributed by atoms with Gasteiger partial charge >= 0.3 is 5.97 Å². The van der Waals surface area contributed by atoms with Gasteiger partial charge in [-0.25, -0.2) is 4.79 Å². The number of nitrogens with zero attached hydrogens (tertiary/aromatic N) is 3. The number of rotatable bonds is 3. The Morgan fingerprint density at radius 2 is 1.74 bits per heavy atom. The smallest absolute Gasteiger partial charge is 0.340 e. The lowest BCUT2D eigenvalue weighted by Crippen LogP contribution is -2.17. The first-order valence-electron chi connectivity index (χ1n) is 6.38. The molecule has 0 aromatic heterocycles. The first-order valence-corrected chi connectivity index (χ1v) is 6.38. The average molecular weight is 310 g/mol. The molecule has 1 aliphatic heterocycles. The molecule has 8 heteroatoms. The number of nitrogens with one attached hydrogen (secondary N) is 1. The Bertz CT molecular complexity index is 792. The maximum Gasteiger partial charge on any atom is 0.340 e. The second-order valence-corrected chi connectivity index (χ2v) is 4.24. The van der Waals surface area contributed by atoms with Gasteiger partial charge < -0.3 is 19.5 Å². The molecular formula is C15H10N4O4. The van der Waals surface area contributed by atoms with Crippen molar-refractivity contribution < 1.29 is 19.0 Å². The summed E-state index contributed by atoms with van der Waals surface area (Å²) in [5.74, 6) is 0.0712. The van der Waals surface area contributed by atoms with Gasteiger partial charge in [0, 0.05) is 12.1 Å². The molecule has 0 saturated carbocycles. The third-order valence-electron chi connectivity index (χ3n) is 2.93. The fourth-order valence-corrected chi connectivity index (χ4v) is 1.89. The molecular weight excluding hydrogens is 300 g/mol. The lowest BCUT2D eigenvalue weighted by Gasteiger charge is -2.21. The van der Waals surface area contributed by atoms with Gasteiger partial charge in [0.2, 0.25) is 0 Å². The molecule has 0 atom stereocenters. The Kier molecular flexibility index (Phi) is 4.66. The van der Waals surface area contributed by atoms with Crippen molar-refractivity contribution >= 4 is 11.7 Å². The van der Waals surface area contributed by atoms with E-state index in [1.807, 2.05) is 0 Å². The average Bonchev–Trinajstić information content (AvgIpc) is 2.60. The molecule has 1 N–H and O–H groups in total. The quantitative estimate of drug-likeness (QED) is 0.656. The monoisotopic (exact) mass is 310 g/mol. The molecule has 23 heavy (non-hydrogen) atoms. The molecule has 0 spiro atoms. The van der Waals surface area contributed by atoms with Crippen molar-refractivity contribution in [2.45, 2.75) is 0 Å². The summed E-state index contributed by atoms with van der Waals surface area (Å²) in [5, 5.41) is 29.4. The van der Waals surface area contributed by atoms with Gasteiger partial charge in [-0.15, -0.1) is 0 Å². The van der Waals surface area contributed by atoms with Crippen LogP contribution in [-0.2, 0) is 4.74 Å². The van der Waals surface area contributed by atoms with E-state index in [4.69, 9.17) is 30.0 Å². The maximum atomic E-state index is 11.9. The number of hydrogen-bond donors (Lipinski definition) is 1. The normalized spacial score (nSPS) is 11.2. The van der Waals surface area contributed by atoms with Crippen LogP contribution in [0.3, 0.4) is 0 Å². The largest absolute Gasteiger partial charge is 0.486 e. The molecule has 8 nitrogen and oxygen atoms in total. The second-order valence-electron chi connectivity index (χ2n) is 4.24. The van der Waals surface area contributed by atoms with Crippen molar-refractivity contribution in [3.63, 3.8) is 0 Å². The predicted molar refractivity (Wildman–Crippen MR) is 76.3 cm³/mol. The van der Waals surface area contributed by atoms with Crippen LogP contribution < -0.4 is 14.8 Å². The van der Waals surface area contributed by atoms with Gasteiger partial charge in [0.25, 0.3) is 0 Å². The summed E-state index contributed by atoms with van der Waals surface area (Å²) in [6.07, 6.45) is 0. The molecule has 1 aliphatic rings. The van der Waals surface area contributed by atoms with E-state index in [0.29, 0.717) is 24.7 Å². The van der Waals surface area contributed by atoms with Crippen molar-refractivity contribution in [3.8, 4) is 29.7 Å². The SMILES string of the molecule is COC(=O)c1cc2c(cc1NC(C#N)=C(C#N)C#N)OCCO2. The minimum absolute atomic E-state index is 0.0831. The Morgan fingerprint density at radius 1 is 1.13 bits per heavy atom. The van der Waals surface area contributed by atoms with Crippen LogP contribution in [-0.4, -0.2) is 26.3 Å². The molecule has 0 bridgehead atoms. The number of benzene rings is 1. The van der Waals surface area contributed by atoms with Crippen LogP contribution in [0.5, 0.6) is 11.5 Å². The predicted octanol–water partition coefficient (Wildman–Crippen LogP) is 1.48. The highest BCUT2D eigenvalue weighted by Gasteiger charge is 2.21. The molecule has 1 aromatic rings. The van der Waals surface area contributed by atoms with Crippen LogP contribution in [0.2, 0.25) is 0 Å². The first-order chi connectivity index (χ1) is 11.1. The zero-order chi connectivity index (χ0) is 16.8. The van der Waals surface area contributed by atoms with Gasteiger partial charge in [-0.1, -0.05) is 0 Å². The van der Waals surface area contributed by atoms with E-state index >= 15 is 0 Å². The molecule has 0 amide bonds. The van der Waals surface area contributed by atoms with Crippen LogP contribution >= 0.6 is 0 Å². The van der Waals surface area contributed by atoms with Crippen molar-refractivity contribution in [1.82, 2.24) is 0 Å². The van der Waals surface area contributed by atoms with Crippen LogP contribution in [0.25, 0.3) is 0 Å². The summed E-state index contributed by atoms with van der Waals surface area (Å²) in [4.78, 5) is 11.9. The van der Waals surface area contributed by atoms with Gasteiger partial charge in [0.05, 0.1) is 18.4 Å². The van der Waals surface area contributed by atoms with Crippen LogP contribution in [0.15, 0.2) is 23.4 Å². The van der Waals surface area contributed by atoms with Crippen molar-refractivity contribution in [3.05, 3.63) is 29.0 Å². The number of fused-ring (bicyclic) bond motifs is 1. The second kappa shape index (κ2) is 6.84. The molecule has 2 rings (SSSR count). The maximum absolute atomic E-state index is 11.9. The molecule has 0 fully saturated rings. The van der Waals surface area contributed by atoms with E-state index in [0.717, 1.165) is 0 Å². The number of hydrogen-bond acceptors (Lipinski definition) is 8. The third-order valence-corrected chi connectivity index (χ3v) is 2.93. The zero-order valence-electron chi connectivity index (χ0n) is 12.0. The number of methoxy groups -OCH3 is 1. The van der Waals surface area contributed by atoms with Crippen LogP contribution in [0.1, 0.15) is 10.4 Å². The summed E-state index contributed by atoms with van der Waals surface area (Å²) in [5.41, 5.74) is -0.435. The molecule has 0 radical (unpaired) electrons. The van der Waals surface area contributed by atoms with E-state index in [1.165, 1.54) is 19.2 Å². The van der Waals surface area contributed by atoms with E-state index in [9.17, 15) is 4.79 Å². The molecule has 0 saturated heterocycles. The van der Waals surface area contributed by atoms with E-state index in [-0.39, 0.29) is 16.9 Å². The summed E-state index contributed by atoms with van der Waals surface area (Å²) in [6.45, 7) is 0.684. The molecule has 0 unspecified atom stereocenters. The van der Waals surface area contributed by atoms with E-state index in [1.54, 1.807) is 18.2 Å². The molecule has 1 aromatic carbocycles.